The van der Waals surface area contributed by atoms with Gasteiger partial charge in [0.2, 0.25) is 10.0 Å². The minimum absolute atomic E-state index is 0.0429. The van der Waals surface area contributed by atoms with Crippen LogP contribution in [0.25, 0.3) is 0 Å². The largest absolute Gasteiger partial charge is 0.366 e. The number of rotatable bonds is 3. The van der Waals surface area contributed by atoms with Gasteiger partial charge in [-0.05, 0) is 44.1 Å². The fourth-order valence-electron chi connectivity index (χ4n) is 4.65. The van der Waals surface area contributed by atoms with Crippen molar-refractivity contribution in [3.8, 4) is 0 Å². The monoisotopic (exact) mass is 388 g/mol. The average molecular weight is 388 g/mol. The molecule has 1 fully saturated rings. The Morgan fingerprint density at radius 1 is 1.22 bits per heavy atom. The number of fused-ring (bicyclic) bond motifs is 2. The fraction of sp³-hybridized carbons (Fsp3) is 0.611. The molecule has 27 heavy (non-hydrogen) atoms. The molecule has 0 aromatic carbocycles. The number of nitrogens with zero attached hydrogens (tertiary/aromatic N) is 5. The number of aromatic nitrogens is 2. The first-order valence-electron chi connectivity index (χ1n) is 9.63. The lowest BCUT2D eigenvalue weighted by atomic mass is 9.85. The van der Waals surface area contributed by atoms with Crippen LogP contribution in [-0.2, 0) is 23.0 Å². The minimum atomic E-state index is -3.46. The van der Waals surface area contributed by atoms with Gasteiger partial charge in [0.25, 0.3) is 0 Å². The number of dihydropyridines is 1. The van der Waals surface area contributed by atoms with Crippen molar-refractivity contribution in [2.24, 2.45) is 15.9 Å². The Morgan fingerprint density at radius 3 is 2.85 bits per heavy atom. The number of nitrogens with one attached hydrogen (secondary N) is 1. The Morgan fingerprint density at radius 2 is 2.04 bits per heavy atom. The van der Waals surface area contributed by atoms with Gasteiger partial charge in [0.15, 0.2) is 6.17 Å². The summed E-state index contributed by atoms with van der Waals surface area (Å²) in [7, 11) is -3.46. The molecule has 9 heteroatoms. The molecule has 1 saturated heterocycles. The topological polar surface area (TPSA) is 91.9 Å². The molecule has 0 saturated carbocycles. The smallest absolute Gasteiger partial charge is 0.246 e. The third-order valence-corrected chi connectivity index (χ3v) is 8.07. The first-order valence-corrected chi connectivity index (χ1v) is 11.1. The molecule has 8 nitrogen and oxygen atoms in total. The average Bonchev–Trinajstić information content (AvgIpc) is 3.37. The van der Waals surface area contributed by atoms with Gasteiger partial charge in [0.1, 0.15) is 4.90 Å². The van der Waals surface area contributed by atoms with E-state index in [4.69, 9.17) is 4.99 Å². The van der Waals surface area contributed by atoms with Crippen molar-refractivity contribution in [1.29, 1.82) is 0 Å². The quantitative estimate of drug-likeness (QED) is 0.835. The molecule has 0 bridgehead atoms. The molecule has 4 aliphatic rings. The van der Waals surface area contributed by atoms with E-state index in [0.717, 1.165) is 43.6 Å². The highest BCUT2D eigenvalue weighted by Gasteiger charge is 2.36. The zero-order valence-electron chi connectivity index (χ0n) is 15.4. The highest BCUT2D eigenvalue weighted by molar-refractivity contribution is 7.89. The predicted molar refractivity (Wildman–Crippen MR) is 102 cm³/mol. The SMILES string of the molecule is CC1=NC2N=CNC2C=C1C1CCN(S(=O)(=O)c2cnn3c2CCC3)CC1. The number of sulfonamides is 1. The molecule has 1 aromatic rings. The molecule has 2 atom stereocenters. The standard InChI is InChI=1S/C18H24N6O2S/c1-12-14(9-15-18(22-12)20-11-19-15)13-4-7-23(8-5-13)27(25,26)17-10-21-24-6-2-3-16(17)24/h9-11,13,15,18H,2-8H2,1H3,(H,19,20). The fourth-order valence-corrected chi connectivity index (χ4v) is 6.30. The van der Waals surface area contributed by atoms with Gasteiger partial charge in [-0.25, -0.2) is 13.4 Å². The molecule has 0 aliphatic carbocycles. The number of allylic oxidation sites excluding steroid dienone is 1. The zero-order chi connectivity index (χ0) is 18.6. The van der Waals surface area contributed by atoms with E-state index in [9.17, 15) is 8.42 Å². The van der Waals surface area contributed by atoms with Gasteiger partial charge >= 0.3 is 0 Å². The molecule has 5 heterocycles. The first-order chi connectivity index (χ1) is 13.0. The normalized spacial score (nSPS) is 28.5. The van der Waals surface area contributed by atoms with Crippen LogP contribution in [-0.4, -0.2) is 59.9 Å². The summed E-state index contributed by atoms with van der Waals surface area (Å²) in [6, 6.07) is 0.139. The Bertz CT molecular complexity index is 952. The maximum atomic E-state index is 13.1. The van der Waals surface area contributed by atoms with Gasteiger partial charge < -0.3 is 5.32 Å². The summed E-state index contributed by atoms with van der Waals surface area (Å²) in [5.41, 5.74) is 3.15. The Kier molecular flexibility index (Phi) is 3.98. The predicted octanol–water partition coefficient (Wildman–Crippen LogP) is 0.957. The van der Waals surface area contributed by atoms with E-state index in [2.05, 4.69) is 21.5 Å². The van der Waals surface area contributed by atoms with Crippen LogP contribution in [0.5, 0.6) is 0 Å². The van der Waals surface area contributed by atoms with Gasteiger partial charge in [-0.2, -0.15) is 9.40 Å². The molecule has 0 radical (unpaired) electrons. The first kappa shape index (κ1) is 17.1. The van der Waals surface area contributed by atoms with E-state index in [1.165, 1.54) is 11.8 Å². The van der Waals surface area contributed by atoms with Gasteiger partial charge in [0.05, 0.1) is 24.3 Å². The van der Waals surface area contributed by atoms with Crippen molar-refractivity contribution in [1.82, 2.24) is 19.4 Å². The number of hydrogen-bond acceptors (Lipinski definition) is 6. The summed E-state index contributed by atoms with van der Waals surface area (Å²) < 4.78 is 29.7. The summed E-state index contributed by atoms with van der Waals surface area (Å²) in [5, 5.41) is 7.49. The molecule has 144 valence electrons. The summed E-state index contributed by atoms with van der Waals surface area (Å²) in [5.74, 6) is 0.349. The van der Waals surface area contributed by atoms with Crippen LogP contribution in [0.4, 0.5) is 0 Å². The van der Waals surface area contributed by atoms with E-state index >= 15 is 0 Å². The molecule has 0 amide bonds. The molecule has 2 unspecified atom stereocenters. The molecule has 1 aromatic heterocycles. The number of aliphatic imine (C=N–C) groups is 2. The van der Waals surface area contributed by atoms with Crippen molar-refractivity contribution in [3.63, 3.8) is 0 Å². The van der Waals surface area contributed by atoms with E-state index in [-0.39, 0.29) is 12.2 Å². The molecule has 4 aliphatic heterocycles. The molecule has 1 N–H and O–H groups in total. The summed E-state index contributed by atoms with van der Waals surface area (Å²) in [6.07, 6.45) is 8.86. The van der Waals surface area contributed by atoms with Crippen molar-refractivity contribution in [2.75, 3.05) is 13.1 Å². The lowest BCUT2D eigenvalue weighted by Crippen LogP contribution is -2.41. The van der Waals surface area contributed by atoms with Gasteiger partial charge in [0, 0.05) is 25.3 Å². The second-order valence-corrected chi connectivity index (χ2v) is 9.59. The number of hydrogen-bond donors (Lipinski definition) is 1. The maximum Gasteiger partial charge on any atom is 0.246 e. The highest BCUT2D eigenvalue weighted by Crippen LogP contribution is 2.33. The van der Waals surface area contributed by atoms with Crippen molar-refractivity contribution in [2.45, 2.75) is 56.3 Å². The second kappa shape index (κ2) is 6.27. The van der Waals surface area contributed by atoms with Crippen LogP contribution in [0.3, 0.4) is 0 Å². The van der Waals surface area contributed by atoms with E-state index < -0.39 is 10.0 Å². The van der Waals surface area contributed by atoms with Crippen LogP contribution >= 0.6 is 0 Å². The zero-order valence-corrected chi connectivity index (χ0v) is 16.2. The molecule has 0 spiro atoms. The molecular weight excluding hydrogens is 364 g/mol. The van der Waals surface area contributed by atoms with Crippen LogP contribution in [0.2, 0.25) is 0 Å². The second-order valence-electron chi connectivity index (χ2n) is 7.68. The third kappa shape index (κ3) is 2.75. The third-order valence-electron chi connectivity index (χ3n) is 6.12. The van der Waals surface area contributed by atoms with Gasteiger partial charge in [-0.15, -0.1) is 0 Å². The Balaban J connectivity index is 1.31. The Hall–Kier alpha value is -2.00. The van der Waals surface area contributed by atoms with Crippen molar-refractivity contribution < 1.29 is 8.42 Å². The van der Waals surface area contributed by atoms with Crippen LogP contribution in [0.1, 0.15) is 31.9 Å². The van der Waals surface area contributed by atoms with E-state index in [0.29, 0.717) is 23.9 Å². The van der Waals surface area contributed by atoms with E-state index in [1.807, 2.05) is 11.6 Å². The number of piperidine rings is 1. The van der Waals surface area contributed by atoms with Crippen molar-refractivity contribution >= 4 is 22.1 Å². The lowest BCUT2D eigenvalue weighted by molar-refractivity contribution is 0.300. The minimum Gasteiger partial charge on any atom is -0.366 e. The van der Waals surface area contributed by atoms with Crippen LogP contribution in [0, 0.1) is 5.92 Å². The summed E-state index contributed by atoms with van der Waals surface area (Å²) in [6.45, 7) is 3.94. The summed E-state index contributed by atoms with van der Waals surface area (Å²) >= 11 is 0. The van der Waals surface area contributed by atoms with Crippen molar-refractivity contribution in [3.05, 3.63) is 23.5 Å². The Labute approximate surface area is 159 Å². The number of aryl methyl sites for hydroxylation is 1. The van der Waals surface area contributed by atoms with Crippen LogP contribution < -0.4 is 5.32 Å². The van der Waals surface area contributed by atoms with Gasteiger partial charge in [-0.3, -0.25) is 9.67 Å². The summed E-state index contributed by atoms with van der Waals surface area (Å²) in [4.78, 5) is 9.42. The highest BCUT2D eigenvalue weighted by atomic mass is 32.2. The maximum absolute atomic E-state index is 13.1. The van der Waals surface area contributed by atoms with Gasteiger partial charge in [-0.1, -0.05) is 6.08 Å². The lowest BCUT2D eigenvalue weighted by Gasteiger charge is -2.34. The van der Waals surface area contributed by atoms with Crippen LogP contribution in [0.15, 0.2) is 32.7 Å². The van der Waals surface area contributed by atoms with E-state index in [1.54, 1.807) is 10.6 Å². The molecular formula is C18H24N6O2S. The molecule has 5 rings (SSSR count).